The Bertz CT molecular complexity index is 536. The summed E-state index contributed by atoms with van der Waals surface area (Å²) in [4.78, 5) is 13.0. The van der Waals surface area contributed by atoms with Gasteiger partial charge in [-0.05, 0) is 61.1 Å². The molecule has 5 nitrogen and oxygen atoms in total. The molecule has 1 fully saturated rings. The summed E-state index contributed by atoms with van der Waals surface area (Å²) in [5.41, 5.74) is 7.78. The minimum Gasteiger partial charge on any atom is -0.368 e. The van der Waals surface area contributed by atoms with Gasteiger partial charge in [0.15, 0.2) is 0 Å². The van der Waals surface area contributed by atoms with Crippen LogP contribution >= 0.6 is 15.9 Å². The highest BCUT2D eigenvalue weighted by molar-refractivity contribution is 9.10. The van der Waals surface area contributed by atoms with Crippen LogP contribution in [0.1, 0.15) is 31.7 Å². The van der Waals surface area contributed by atoms with Crippen LogP contribution < -0.4 is 10.6 Å². The second-order valence-electron chi connectivity index (χ2n) is 5.63. The maximum atomic E-state index is 11.0. The predicted octanol–water partition coefficient (Wildman–Crippen LogP) is 3.62. The number of nitrogens with zero attached hydrogens (tertiary/aromatic N) is 2. The molecule has 1 aliphatic carbocycles. The van der Waals surface area contributed by atoms with E-state index >= 15 is 0 Å². The van der Waals surface area contributed by atoms with E-state index in [1.807, 2.05) is 6.07 Å². The molecule has 0 heterocycles. The van der Waals surface area contributed by atoms with Gasteiger partial charge in [0.1, 0.15) is 0 Å². The Kier molecular flexibility index (Phi) is 5.22. The van der Waals surface area contributed by atoms with Crippen molar-refractivity contribution in [3.63, 3.8) is 0 Å². The van der Waals surface area contributed by atoms with Crippen LogP contribution in [0.25, 0.3) is 0 Å². The average Bonchev–Trinajstić information content (AvgIpc) is 2.91. The van der Waals surface area contributed by atoms with E-state index in [1.165, 1.54) is 12.8 Å². The maximum absolute atomic E-state index is 11.0. The van der Waals surface area contributed by atoms with Gasteiger partial charge in [0.2, 0.25) is 0 Å². The van der Waals surface area contributed by atoms with Crippen LogP contribution in [0.5, 0.6) is 0 Å². The Balaban J connectivity index is 2.38. The summed E-state index contributed by atoms with van der Waals surface area (Å²) < 4.78 is 0.782. The third-order valence-electron chi connectivity index (χ3n) is 4.43. The van der Waals surface area contributed by atoms with Crippen molar-refractivity contribution in [3.05, 3.63) is 32.3 Å². The molecule has 2 N–H and O–H groups in total. The lowest BCUT2D eigenvalue weighted by molar-refractivity contribution is -0.385. The van der Waals surface area contributed by atoms with Crippen molar-refractivity contribution in [2.75, 3.05) is 18.0 Å². The quantitative estimate of drug-likeness (QED) is 0.646. The van der Waals surface area contributed by atoms with E-state index < -0.39 is 0 Å². The molecule has 0 spiro atoms. The number of halogens is 1. The van der Waals surface area contributed by atoms with Crippen molar-refractivity contribution in [2.45, 2.75) is 39.2 Å². The predicted molar refractivity (Wildman–Crippen MR) is 88.7 cm³/mol. The van der Waals surface area contributed by atoms with Crippen molar-refractivity contribution < 1.29 is 4.92 Å². The Morgan fingerprint density at radius 2 is 2.19 bits per heavy atom. The Hall–Kier alpha value is -1.14. The topological polar surface area (TPSA) is 72.4 Å². The van der Waals surface area contributed by atoms with Crippen molar-refractivity contribution in [1.29, 1.82) is 0 Å². The van der Waals surface area contributed by atoms with E-state index in [4.69, 9.17) is 5.73 Å². The summed E-state index contributed by atoms with van der Waals surface area (Å²) in [6.45, 7) is 5.48. The first-order valence-electron chi connectivity index (χ1n) is 7.40. The number of nitrogens with two attached hydrogens (primary N) is 1. The number of aryl methyl sites for hydroxylation is 1. The number of hydrogen-bond acceptors (Lipinski definition) is 4. The minimum atomic E-state index is -0.335. The molecule has 1 aliphatic rings. The van der Waals surface area contributed by atoms with Gasteiger partial charge in [-0.3, -0.25) is 10.1 Å². The van der Waals surface area contributed by atoms with Crippen LogP contribution in [0.15, 0.2) is 16.6 Å². The molecule has 2 atom stereocenters. The molecule has 0 bridgehead atoms. The van der Waals surface area contributed by atoms with Crippen LogP contribution in [0.3, 0.4) is 0 Å². The highest BCUT2D eigenvalue weighted by Gasteiger charge is 2.32. The largest absolute Gasteiger partial charge is 0.368 e. The van der Waals surface area contributed by atoms with E-state index in [9.17, 15) is 10.1 Å². The zero-order chi connectivity index (χ0) is 15.6. The molecule has 1 aromatic rings. The molecule has 2 unspecified atom stereocenters. The number of hydrogen-bond donors (Lipinski definition) is 1. The van der Waals surface area contributed by atoms with Crippen LogP contribution in [-0.2, 0) is 0 Å². The highest BCUT2D eigenvalue weighted by Crippen LogP contribution is 2.38. The molecule has 0 aromatic heterocycles. The molecule has 1 saturated carbocycles. The fourth-order valence-electron chi connectivity index (χ4n) is 3.36. The van der Waals surface area contributed by atoms with E-state index in [-0.39, 0.29) is 10.6 Å². The summed E-state index contributed by atoms with van der Waals surface area (Å²) in [5.74, 6) is 0.507. The van der Waals surface area contributed by atoms with E-state index in [1.54, 1.807) is 13.0 Å². The number of benzene rings is 1. The zero-order valence-corrected chi connectivity index (χ0v) is 14.1. The lowest BCUT2D eigenvalue weighted by Crippen LogP contribution is -2.40. The molecule has 21 heavy (non-hydrogen) atoms. The van der Waals surface area contributed by atoms with E-state index in [0.717, 1.165) is 23.1 Å². The first kappa shape index (κ1) is 16.2. The van der Waals surface area contributed by atoms with Crippen LogP contribution in [0, 0.1) is 23.0 Å². The van der Waals surface area contributed by atoms with Crippen LogP contribution in [0.2, 0.25) is 0 Å². The SMILES string of the molecule is CCN(c1cc(C)c([N+](=O)[O-])cc1Br)C1CCCC1CN. The smallest absolute Gasteiger partial charge is 0.273 e. The lowest BCUT2D eigenvalue weighted by Gasteiger charge is -2.34. The van der Waals surface area contributed by atoms with Crippen LogP contribution in [-0.4, -0.2) is 24.1 Å². The third kappa shape index (κ3) is 3.21. The Morgan fingerprint density at radius 1 is 1.48 bits per heavy atom. The van der Waals surface area contributed by atoms with E-state index in [0.29, 0.717) is 24.1 Å². The molecule has 1 aromatic carbocycles. The maximum Gasteiger partial charge on any atom is 0.273 e. The van der Waals surface area contributed by atoms with Gasteiger partial charge < -0.3 is 10.6 Å². The van der Waals surface area contributed by atoms with Gasteiger partial charge in [0.05, 0.1) is 10.6 Å². The van der Waals surface area contributed by atoms with Gasteiger partial charge in [0, 0.05) is 28.7 Å². The third-order valence-corrected chi connectivity index (χ3v) is 5.07. The highest BCUT2D eigenvalue weighted by atomic mass is 79.9. The van der Waals surface area contributed by atoms with Gasteiger partial charge in [-0.15, -0.1) is 0 Å². The Morgan fingerprint density at radius 3 is 2.76 bits per heavy atom. The molecular formula is C15H22BrN3O2. The molecule has 0 radical (unpaired) electrons. The van der Waals surface area contributed by atoms with Gasteiger partial charge in [0.25, 0.3) is 5.69 Å². The average molecular weight is 356 g/mol. The summed E-state index contributed by atoms with van der Waals surface area (Å²) in [6, 6.07) is 3.95. The first-order chi connectivity index (χ1) is 9.99. The number of anilines is 1. The van der Waals surface area contributed by atoms with Crippen molar-refractivity contribution in [1.82, 2.24) is 0 Å². The molecule has 2 rings (SSSR count). The molecule has 116 valence electrons. The first-order valence-corrected chi connectivity index (χ1v) is 8.20. The summed E-state index contributed by atoms with van der Waals surface area (Å²) >= 11 is 3.50. The van der Waals surface area contributed by atoms with Crippen molar-refractivity contribution in [2.24, 2.45) is 11.7 Å². The number of nitro benzene ring substituents is 1. The number of nitro groups is 1. The molecule has 6 heteroatoms. The molecule has 0 aliphatic heterocycles. The molecule has 0 amide bonds. The summed E-state index contributed by atoms with van der Waals surface area (Å²) in [7, 11) is 0. The monoisotopic (exact) mass is 355 g/mol. The fraction of sp³-hybridized carbons (Fsp3) is 0.600. The van der Waals surface area contributed by atoms with Crippen molar-refractivity contribution in [3.8, 4) is 0 Å². The van der Waals surface area contributed by atoms with Gasteiger partial charge in [-0.1, -0.05) is 6.42 Å². The second-order valence-corrected chi connectivity index (χ2v) is 6.48. The van der Waals surface area contributed by atoms with Gasteiger partial charge >= 0.3 is 0 Å². The standard InChI is InChI=1S/C15H22BrN3O2/c1-3-18(13-6-4-5-11(13)9-17)15-7-10(2)14(19(20)21)8-12(15)16/h7-8,11,13H,3-6,9,17H2,1-2H3. The molecular weight excluding hydrogens is 334 g/mol. The van der Waals surface area contributed by atoms with Crippen molar-refractivity contribution >= 4 is 27.3 Å². The molecule has 0 saturated heterocycles. The fourth-order valence-corrected chi connectivity index (χ4v) is 3.92. The lowest BCUT2D eigenvalue weighted by atomic mass is 10.0. The zero-order valence-electron chi connectivity index (χ0n) is 12.5. The second kappa shape index (κ2) is 6.75. The number of rotatable bonds is 5. The van der Waals surface area contributed by atoms with Gasteiger partial charge in [-0.25, -0.2) is 0 Å². The van der Waals surface area contributed by atoms with E-state index in [2.05, 4.69) is 27.8 Å². The normalized spacial score (nSPS) is 21.5. The van der Waals surface area contributed by atoms with Gasteiger partial charge in [-0.2, -0.15) is 0 Å². The Labute approximate surface area is 133 Å². The minimum absolute atomic E-state index is 0.156. The van der Waals surface area contributed by atoms with Crippen LogP contribution in [0.4, 0.5) is 11.4 Å². The summed E-state index contributed by atoms with van der Waals surface area (Å²) in [5, 5.41) is 11.0. The summed E-state index contributed by atoms with van der Waals surface area (Å²) in [6.07, 6.45) is 3.51.